The van der Waals surface area contributed by atoms with Crippen LogP contribution in [0.2, 0.25) is 0 Å². The highest BCUT2D eigenvalue weighted by Crippen LogP contribution is 2.25. The van der Waals surface area contributed by atoms with Crippen molar-refractivity contribution < 1.29 is 9.53 Å². The fourth-order valence-electron chi connectivity index (χ4n) is 3.33. The molecule has 5 heteroatoms. The van der Waals surface area contributed by atoms with Gasteiger partial charge < -0.3 is 15.0 Å². The summed E-state index contributed by atoms with van der Waals surface area (Å²) in [6.07, 6.45) is 3.92. The first-order valence-corrected chi connectivity index (χ1v) is 8.31. The molecule has 2 saturated heterocycles. The van der Waals surface area contributed by atoms with Gasteiger partial charge in [0.1, 0.15) is 5.75 Å². The maximum atomic E-state index is 12.6. The van der Waals surface area contributed by atoms with E-state index < -0.39 is 0 Å². The highest BCUT2D eigenvalue weighted by atomic mass is 79.9. The van der Waals surface area contributed by atoms with Crippen molar-refractivity contribution >= 4 is 21.8 Å². The molecule has 2 atom stereocenters. The van der Waals surface area contributed by atoms with E-state index in [1.807, 2.05) is 23.1 Å². The summed E-state index contributed by atoms with van der Waals surface area (Å²) >= 11 is 3.46. The van der Waals surface area contributed by atoms with Gasteiger partial charge in [-0.1, -0.05) is 15.9 Å². The first kappa shape index (κ1) is 14.9. The van der Waals surface area contributed by atoms with E-state index in [9.17, 15) is 4.79 Å². The van der Waals surface area contributed by atoms with Crippen LogP contribution < -0.4 is 10.1 Å². The molecule has 2 heterocycles. The van der Waals surface area contributed by atoms with Crippen LogP contribution in [0.5, 0.6) is 5.75 Å². The maximum absolute atomic E-state index is 12.6. The molecule has 0 aromatic heterocycles. The minimum absolute atomic E-state index is 0.195. The highest BCUT2D eigenvalue weighted by molar-refractivity contribution is 9.10. The molecule has 2 aliphatic heterocycles. The number of carbonyl (C=O) groups is 1. The van der Waals surface area contributed by atoms with Crippen molar-refractivity contribution in [2.24, 2.45) is 0 Å². The smallest absolute Gasteiger partial charge is 0.227 e. The van der Waals surface area contributed by atoms with E-state index in [1.54, 1.807) is 7.11 Å². The van der Waals surface area contributed by atoms with Gasteiger partial charge in [-0.25, -0.2) is 0 Å². The van der Waals surface area contributed by atoms with Crippen molar-refractivity contribution in [3.63, 3.8) is 0 Å². The molecular weight excluding hydrogens is 332 g/mol. The number of methoxy groups -OCH3 is 1. The molecular formula is C16H21BrN2O2. The minimum atomic E-state index is 0.195. The topological polar surface area (TPSA) is 41.6 Å². The molecule has 1 amide bonds. The third-order valence-corrected chi connectivity index (χ3v) is 4.95. The lowest BCUT2D eigenvalue weighted by Crippen LogP contribution is -2.39. The molecule has 2 bridgehead atoms. The van der Waals surface area contributed by atoms with Crippen LogP contribution in [-0.4, -0.2) is 43.1 Å². The van der Waals surface area contributed by atoms with E-state index >= 15 is 0 Å². The quantitative estimate of drug-likeness (QED) is 0.907. The molecule has 0 aliphatic carbocycles. The van der Waals surface area contributed by atoms with Crippen molar-refractivity contribution in [2.75, 3.05) is 20.2 Å². The number of halogens is 1. The summed E-state index contributed by atoms with van der Waals surface area (Å²) in [6, 6.07) is 6.89. The van der Waals surface area contributed by atoms with Crippen LogP contribution in [0.25, 0.3) is 0 Å². The predicted octanol–water partition coefficient (Wildman–Crippen LogP) is 2.35. The van der Waals surface area contributed by atoms with E-state index in [0.717, 1.165) is 35.3 Å². The standard InChI is InChI=1S/C16H21BrN2O2/c1-21-15-5-2-12(17)8-11(15)9-16(20)19-7-6-13-3-4-14(10-19)18-13/h2,5,8,13-14,18H,3-4,6-7,9-10H2,1H3. The number of likely N-dealkylation sites (tertiary alicyclic amines) is 1. The molecule has 2 unspecified atom stereocenters. The van der Waals surface area contributed by atoms with Crippen LogP contribution >= 0.6 is 15.9 Å². The number of fused-ring (bicyclic) bond motifs is 2. The third-order valence-electron chi connectivity index (χ3n) is 4.46. The molecule has 1 N–H and O–H groups in total. The van der Waals surface area contributed by atoms with Crippen molar-refractivity contribution in [1.29, 1.82) is 0 Å². The molecule has 2 fully saturated rings. The molecule has 2 aliphatic rings. The molecule has 21 heavy (non-hydrogen) atoms. The van der Waals surface area contributed by atoms with Gasteiger partial charge in [-0.15, -0.1) is 0 Å². The summed E-state index contributed by atoms with van der Waals surface area (Å²) in [6.45, 7) is 1.70. The van der Waals surface area contributed by atoms with Crippen LogP contribution in [0.4, 0.5) is 0 Å². The third kappa shape index (κ3) is 3.40. The minimum Gasteiger partial charge on any atom is -0.496 e. The predicted molar refractivity (Wildman–Crippen MR) is 85.5 cm³/mol. The van der Waals surface area contributed by atoms with Gasteiger partial charge in [-0.2, -0.15) is 0 Å². The van der Waals surface area contributed by atoms with Crippen LogP contribution in [0.15, 0.2) is 22.7 Å². The number of ether oxygens (including phenoxy) is 1. The second-order valence-electron chi connectivity index (χ2n) is 5.90. The van der Waals surface area contributed by atoms with Gasteiger partial charge in [0.2, 0.25) is 5.91 Å². The number of nitrogens with zero attached hydrogens (tertiary/aromatic N) is 1. The Morgan fingerprint density at radius 2 is 2.19 bits per heavy atom. The van der Waals surface area contributed by atoms with Crippen molar-refractivity contribution in [2.45, 2.75) is 37.8 Å². The number of benzene rings is 1. The zero-order valence-corrected chi connectivity index (χ0v) is 13.9. The number of rotatable bonds is 3. The fraction of sp³-hybridized carbons (Fsp3) is 0.562. The van der Waals surface area contributed by atoms with E-state index in [1.165, 1.54) is 12.8 Å². The summed E-state index contributed by atoms with van der Waals surface area (Å²) in [5, 5.41) is 3.61. The van der Waals surface area contributed by atoms with Gasteiger partial charge >= 0.3 is 0 Å². The Kier molecular flexibility index (Phi) is 4.50. The number of nitrogens with one attached hydrogen (secondary N) is 1. The first-order chi connectivity index (χ1) is 10.2. The molecule has 0 saturated carbocycles. The van der Waals surface area contributed by atoms with Crippen LogP contribution in [0, 0.1) is 0 Å². The average molecular weight is 353 g/mol. The summed E-state index contributed by atoms with van der Waals surface area (Å²) in [5.74, 6) is 0.974. The Morgan fingerprint density at radius 1 is 1.38 bits per heavy atom. The van der Waals surface area contributed by atoms with Crippen LogP contribution in [0.1, 0.15) is 24.8 Å². The van der Waals surface area contributed by atoms with E-state index in [-0.39, 0.29) is 5.91 Å². The highest BCUT2D eigenvalue weighted by Gasteiger charge is 2.31. The largest absolute Gasteiger partial charge is 0.496 e. The number of hydrogen-bond acceptors (Lipinski definition) is 3. The number of amides is 1. The average Bonchev–Trinajstić information content (AvgIpc) is 2.78. The first-order valence-electron chi connectivity index (χ1n) is 7.52. The SMILES string of the molecule is COc1ccc(Br)cc1CC(=O)N1CCC2CCC(C1)N2. The summed E-state index contributed by atoms with van der Waals surface area (Å²) in [7, 11) is 1.64. The Morgan fingerprint density at radius 3 is 3.00 bits per heavy atom. The van der Waals surface area contributed by atoms with Crippen molar-refractivity contribution in [3.8, 4) is 5.75 Å². The zero-order valence-electron chi connectivity index (χ0n) is 12.3. The van der Waals surface area contributed by atoms with Gasteiger partial charge in [0.25, 0.3) is 0 Å². The fourth-order valence-corrected chi connectivity index (χ4v) is 3.74. The molecule has 0 spiro atoms. The maximum Gasteiger partial charge on any atom is 0.227 e. The van der Waals surface area contributed by atoms with Crippen molar-refractivity contribution in [3.05, 3.63) is 28.2 Å². The zero-order chi connectivity index (χ0) is 14.8. The molecule has 1 aromatic rings. The Bertz CT molecular complexity index is 535. The second-order valence-corrected chi connectivity index (χ2v) is 6.81. The lowest BCUT2D eigenvalue weighted by molar-refractivity contribution is -0.130. The number of hydrogen-bond donors (Lipinski definition) is 1. The summed E-state index contributed by atoms with van der Waals surface area (Å²) < 4.78 is 6.33. The molecule has 4 nitrogen and oxygen atoms in total. The van der Waals surface area contributed by atoms with Crippen LogP contribution in [-0.2, 0) is 11.2 Å². The van der Waals surface area contributed by atoms with Gasteiger partial charge in [0, 0.05) is 35.2 Å². The van der Waals surface area contributed by atoms with Crippen molar-refractivity contribution in [1.82, 2.24) is 10.2 Å². The molecule has 1 aromatic carbocycles. The van der Waals surface area contributed by atoms with Crippen LogP contribution in [0.3, 0.4) is 0 Å². The van der Waals surface area contributed by atoms with E-state index in [2.05, 4.69) is 21.2 Å². The molecule has 114 valence electrons. The van der Waals surface area contributed by atoms with Gasteiger partial charge in [-0.05, 0) is 37.5 Å². The molecule has 3 rings (SSSR count). The van der Waals surface area contributed by atoms with E-state index in [0.29, 0.717) is 18.5 Å². The lowest BCUT2D eigenvalue weighted by atomic mass is 10.1. The Balaban J connectivity index is 1.70. The lowest BCUT2D eigenvalue weighted by Gasteiger charge is -2.24. The Labute approximate surface area is 134 Å². The van der Waals surface area contributed by atoms with Gasteiger partial charge in [-0.3, -0.25) is 4.79 Å². The second kappa shape index (κ2) is 6.36. The monoisotopic (exact) mass is 352 g/mol. The number of carbonyl (C=O) groups excluding carboxylic acids is 1. The summed E-state index contributed by atoms with van der Waals surface area (Å²) in [4.78, 5) is 14.6. The summed E-state index contributed by atoms with van der Waals surface area (Å²) in [5.41, 5.74) is 0.944. The Hall–Kier alpha value is -1.07. The van der Waals surface area contributed by atoms with Gasteiger partial charge in [0.05, 0.1) is 13.5 Å². The van der Waals surface area contributed by atoms with Gasteiger partial charge in [0.15, 0.2) is 0 Å². The van der Waals surface area contributed by atoms with E-state index in [4.69, 9.17) is 4.74 Å². The molecule has 0 radical (unpaired) electrons. The normalized spacial score (nSPS) is 24.8.